The van der Waals surface area contributed by atoms with Crippen LogP contribution in [-0.4, -0.2) is 35.8 Å². The summed E-state index contributed by atoms with van der Waals surface area (Å²) in [6.07, 6.45) is 7.33. The molecule has 112 valence electrons. The maximum atomic E-state index is 12.2. The van der Waals surface area contributed by atoms with Crippen molar-refractivity contribution in [3.8, 4) is 0 Å². The summed E-state index contributed by atoms with van der Waals surface area (Å²) < 4.78 is 0. The van der Waals surface area contributed by atoms with Gasteiger partial charge in [-0.1, -0.05) is 50.1 Å². The van der Waals surface area contributed by atoms with Gasteiger partial charge in [0.25, 0.3) is 5.91 Å². The number of hydrogen-bond donors (Lipinski definition) is 1. The second-order valence-corrected chi connectivity index (χ2v) is 5.23. The van der Waals surface area contributed by atoms with E-state index in [2.05, 4.69) is 18.3 Å². The zero-order chi connectivity index (χ0) is 15.1. The van der Waals surface area contributed by atoms with Crippen molar-refractivity contribution in [2.75, 3.05) is 13.1 Å². The number of rotatable bonds is 6. The van der Waals surface area contributed by atoms with Gasteiger partial charge in [-0.3, -0.25) is 9.59 Å². The number of nitrogens with zero attached hydrogens (tertiary/aromatic N) is 1. The van der Waals surface area contributed by atoms with Crippen LogP contribution in [0.5, 0.6) is 0 Å². The lowest BCUT2D eigenvalue weighted by molar-refractivity contribution is -0.130. The summed E-state index contributed by atoms with van der Waals surface area (Å²) in [4.78, 5) is 26.0. The van der Waals surface area contributed by atoms with Gasteiger partial charge in [0, 0.05) is 12.1 Å². The Morgan fingerprint density at radius 3 is 2.76 bits per heavy atom. The Hall–Kier alpha value is -2.10. The summed E-state index contributed by atoms with van der Waals surface area (Å²) in [5.74, 6) is -0.230. The van der Waals surface area contributed by atoms with E-state index in [9.17, 15) is 9.59 Å². The molecule has 1 unspecified atom stereocenters. The largest absolute Gasteiger partial charge is 0.343 e. The molecule has 1 aromatic rings. The Balaban J connectivity index is 1.83. The Bertz CT molecular complexity index is 511. The van der Waals surface area contributed by atoms with Crippen LogP contribution in [0.2, 0.25) is 0 Å². The van der Waals surface area contributed by atoms with E-state index in [0.717, 1.165) is 19.3 Å². The van der Waals surface area contributed by atoms with E-state index in [0.29, 0.717) is 12.1 Å². The number of hydrogen-bond acceptors (Lipinski definition) is 2. The van der Waals surface area contributed by atoms with Gasteiger partial charge < -0.3 is 10.2 Å². The van der Waals surface area contributed by atoms with Crippen LogP contribution in [0.25, 0.3) is 0 Å². The van der Waals surface area contributed by atoms with Gasteiger partial charge in [-0.15, -0.1) is 0 Å². The highest BCUT2D eigenvalue weighted by Gasteiger charge is 2.24. The molecular formula is C17H22N2O2. The number of unbranched alkanes of at least 4 members (excludes halogenated alkanes) is 1. The first kappa shape index (κ1) is 15.3. The van der Waals surface area contributed by atoms with Gasteiger partial charge >= 0.3 is 0 Å². The molecule has 4 heteroatoms. The van der Waals surface area contributed by atoms with Gasteiger partial charge in [-0.25, -0.2) is 0 Å². The maximum Gasteiger partial charge on any atom is 0.251 e. The van der Waals surface area contributed by atoms with E-state index in [4.69, 9.17) is 0 Å². The smallest absolute Gasteiger partial charge is 0.251 e. The van der Waals surface area contributed by atoms with Crippen LogP contribution in [0.1, 0.15) is 36.5 Å². The molecule has 0 aromatic heterocycles. The summed E-state index contributed by atoms with van der Waals surface area (Å²) in [6.45, 7) is 2.84. The molecule has 21 heavy (non-hydrogen) atoms. The molecule has 0 aliphatic carbocycles. The van der Waals surface area contributed by atoms with Gasteiger partial charge in [0.1, 0.15) is 0 Å². The van der Waals surface area contributed by atoms with Crippen LogP contribution in [0.3, 0.4) is 0 Å². The predicted octanol–water partition coefficient (Wildman–Crippen LogP) is 2.37. The minimum absolute atomic E-state index is 0.0228. The van der Waals surface area contributed by atoms with Gasteiger partial charge in [0.05, 0.1) is 12.6 Å². The molecule has 1 atom stereocenters. The molecule has 0 spiro atoms. The van der Waals surface area contributed by atoms with Crippen LogP contribution < -0.4 is 5.32 Å². The van der Waals surface area contributed by atoms with E-state index in [1.807, 2.05) is 29.2 Å². The van der Waals surface area contributed by atoms with Crippen molar-refractivity contribution in [1.82, 2.24) is 10.2 Å². The normalized spacial score (nSPS) is 17.0. The molecule has 0 bridgehead atoms. The molecule has 0 radical (unpaired) electrons. The lowest BCUT2D eigenvalue weighted by Crippen LogP contribution is -2.43. The summed E-state index contributed by atoms with van der Waals surface area (Å²) in [7, 11) is 0. The Labute approximate surface area is 125 Å². The van der Waals surface area contributed by atoms with E-state index < -0.39 is 0 Å². The Morgan fingerprint density at radius 2 is 2.05 bits per heavy atom. The lowest BCUT2D eigenvalue weighted by Gasteiger charge is -2.24. The van der Waals surface area contributed by atoms with Crippen molar-refractivity contribution in [1.29, 1.82) is 0 Å². The maximum absolute atomic E-state index is 12.2. The second-order valence-electron chi connectivity index (χ2n) is 5.23. The minimum Gasteiger partial charge on any atom is -0.343 e. The van der Waals surface area contributed by atoms with Crippen molar-refractivity contribution < 1.29 is 9.59 Å². The van der Waals surface area contributed by atoms with E-state index >= 15 is 0 Å². The monoisotopic (exact) mass is 286 g/mol. The summed E-state index contributed by atoms with van der Waals surface area (Å²) in [5.41, 5.74) is 0.576. The first-order valence-corrected chi connectivity index (χ1v) is 7.51. The highest BCUT2D eigenvalue weighted by Crippen LogP contribution is 2.15. The minimum atomic E-state index is -0.207. The average Bonchev–Trinajstić information content (AvgIpc) is 2.99. The first-order chi connectivity index (χ1) is 10.2. The third-order valence-electron chi connectivity index (χ3n) is 3.67. The van der Waals surface area contributed by atoms with Gasteiger partial charge in [-0.05, 0) is 18.6 Å². The average molecular weight is 286 g/mol. The molecule has 2 amide bonds. The van der Waals surface area contributed by atoms with Crippen LogP contribution in [-0.2, 0) is 4.79 Å². The van der Waals surface area contributed by atoms with Crippen molar-refractivity contribution in [3.63, 3.8) is 0 Å². The molecule has 1 aromatic carbocycles. The number of amides is 2. The van der Waals surface area contributed by atoms with Crippen molar-refractivity contribution in [2.24, 2.45) is 0 Å². The fourth-order valence-electron chi connectivity index (χ4n) is 2.47. The SMILES string of the molecule is CCCCC1C=CCN1C(=O)CNC(=O)c1ccccc1. The van der Waals surface area contributed by atoms with Crippen molar-refractivity contribution in [3.05, 3.63) is 48.0 Å². The summed E-state index contributed by atoms with van der Waals surface area (Å²) in [6, 6.07) is 9.13. The van der Waals surface area contributed by atoms with Crippen molar-refractivity contribution >= 4 is 11.8 Å². The topological polar surface area (TPSA) is 49.4 Å². The fourth-order valence-corrected chi connectivity index (χ4v) is 2.47. The highest BCUT2D eigenvalue weighted by atomic mass is 16.2. The van der Waals surface area contributed by atoms with Crippen LogP contribution in [0, 0.1) is 0 Å². The van der Waals surface area contributed by atoms with E-state index in [-0.39, 0.29) is 24.4 Å². The molecule has 1 N–H and O–H groups in total. The van der Waals surface area contributed by atoms with E-state index in [1.165, 1.54) is 0 Å². The molecule has 1 heterocycles. The summed E-state index contributed by atoms with van der Waals surface area (Å²) in [5, 5.41) is 2.69. The van der Waals surface area contributed by atoms with Crippen molar-refractivity contribution in [2.45, 2.75) is 32.2 Å². The summed E-state index contributed by atoms with van der Waals surface area (Å²) >= 11 is 0. The van der Waals surface area contributed by atoms with Crippen LogP contribution in [0.15, 0.2) is 42.5 Å². The van der Waals surface area contributed by atoms with Gasteiger partial charge in [-0.2, -0.15) is 0 Å². The predicted molar refractivity (Wildman–Crippen MR) is 82.9 cm³/mol. The highest BCUT2D eigenvalue weighted by molar-refractivity contribution is 5.96. The lowest BCUT2D eigenvalue weighted by atomic mass is 10.1. The molecular weight excluding hydrogens is 264 g/mol. The molecule has 4 nitrogen and oxygen atoms in total. The third-order valence-corrected chi connectivity index (χ3v) is 3.67. The third kappa shape index (κ3) is 4.18. The molecule has 0 fully saturated rings. The molecule has 1 aliphatic heterocycles. The second kappa shape index (κ2) is 7.62. The van der Waals surface area contributed by atoms with E-state index in [1.54, 1.807) is 12.1 Å². The fraction of sp³-hybridized carbons (Fsp3) is 0.412. The van der Waals surface area contributed by atoms with Crippen LogP contribution in [0.4, 0.5) is 0 Å². The molecule has 2 rings (SSSR count). The van der Waals surface area contributed by atoms with Gasteiger partial charge in [0.2, 0.25) is 5.91 Å². The Morgan fingerprint density at radius 1 is 1.29 bits per heavy atom. The number of benzene rings is 1. The Kier molecular flexibility index (Phi) is 5.55. The molecule has 0 saturated heterocycles. The standard InChI is InChI=1S/C17H22N2O2/c1-2-3-10-15-11-7-12-19(15)16(20)13-18-17(21)14-8-5-4-6-9-14/h4-9,11,15H,2-3,10,12-13H2,1H3,(H,18,21). The molecule has 0 saturated carbocycles. The quantitative estimate of drug-likeness (QED) is 0.816. The number of nitrogens with one attached hydrogen (secondary N) is 1. The first-order valence-electron chi connectivity index (χ1n) is 7.51. The van der Waals surface area contributed by atoms with Crippen LogP contribution >= 0.6 is 0 Å². The zero-order valence-corrected chi connectivity index (χ0v) is 12.4. The molecule has 1 aliphatic rings. The zero-order valence-electron chi connectivity index (χ0n) is 12.4. The number of carbonyl (C=O) groups is 2. The number of carbonyl (C=O) groups excluding carboxylic acids is 2. The van der Waals surface area contributed by atoms with Gasteiger partial charge in [0.15, 0.2) is 0 Å².